The van der Waals surface area contributed by atoms with E-state index < -0.39 is 10.0 Å². The summed E-state index contributed by atoms with van der Waals surface area (Å²) in [6.45, 7) is 4.34. The van der Waals surface area contributed by atoms with Crippen molar-refractivity contribution in [1.82, 2.24) is 19.1 Å². The van der Waals surface area contributed by atoms with E-state index >= 15 is 0 Å². The summed E-state index contributed by atoms with van der Waals surface area (Å²) in [6.07, 6.45) is 2.87. The van der Waals surface area contributed by atoms with Crippen LogP contribution in [0.25, 0.3) is 10.9 Å². The Hall–Kier alpha value is -3.16. The fraction of sp³-hybridized carbons (Fsp3) is 0.409. The number of benzene rings is 1. The number of aromatic amines is 1. The zero-order valence-electron chi connectivity index (χ0n) is 18.5. The Morgan fingerprint density at radius 1 is 1.31 bits per heavy atom. The van der Waals surface area contributed by atoms with Crippen LogP contribution in [0.5, 0.6) is 0 Å². The van der Waals surface area contributed by atoms with Gasteiger partial charge in [-0.3, -0.25) is 9.48 Å². The molecule has 32 heavy (non-hydrogen) atoms. The first-order valence-electron chi connectivity index (χ1n) is 10.3. The Morgan fingerprint density at radius 2 is 1.97 bits per heavy atom. The number of hydrogen-bond acceptors (Lipinski definition) is 6. The SMILES string of the molecule is CN(C)S(=O)(=O)c1ccc(Nc2nn([C@@H](CC#N)[C@@H]3CC3(C)C)c3cc[nH]c(=O)c23)cc1. The summed E-state index contributed by atoms with van der Waals surface area (Å²) < 4.78 is 27.5. The molecule has 4 rings (SSSR count). The highest BCUT2D eigenvalue weighted by atomic mass is 32.2. The number of anilines is 2. The minimum absolute atomic E-state index is 0.127. The van der Waals surface area contributed by atoms with Crippen LogP contribution in [0.3, 0.4) is 0 Å². The minimum atomic E-state index is -3.53. The van der Waals surface area contributed by atoms with Crippen LogP contribution in [-0.2, 0) is 10.0 Å². The van der Waals surface area contributed by atoms with E-state index in [9.17, 15) is 18.5 Å². The first kappa shape index (κ1) is 22.0. The molecule has 10 heteroatoms. The molecule has 1 saturated carbocycles. The van der Waals surface area contributed by atoms with Gasteiger partial charge in [0.1, 0.15) is 5.39 Å². The van der Waals surface area contributed by atoms with Crippen LogP contribution in [-0.4, -0.2) is 41.6 Å². The van der Waals surface area contributed by atoms with E-state index in [4.69, 9.17) is 5.10 Å². The van der Waals surface area contributed by atoms with Gasteiger partial charge in [-0.25, -0.2) is 12.7 Å². The Balaban J connectivity index is 1.74. The first-order valence-corrected chi connectivity index (χ1v) is 11.8. The second kappa shape index (κ2) is 7.76. The Bertz CT molecular complexity index is 1360. The largest absolute Gasteiger partial charge is 0.338 e. The third kappa shape index (κ3) is 3.78. The molecule has 3 aromatic rings. The average Bonchev–Trinajstić information content (AvgIpc) is 3.21. The van der Waals surface area contributed by atoms with E-state index in [1.165, 1.54) is 26.2 Å². The van der Waals surface area contributed by atoms with Crippen molar-refractivity contribution in [3.63, 3.8) is 0 Å². The van der Waals surface area contributed by atoms with Crippen molar-refractivity contribution in [1.29, 1.82) is 5.26 Å². The highest BCUT2D eigenvalue weighted by Crippen LogP contribution is 2.58. The van der Waals surface area contributed by atoms with E-state index in [1.54, 1.807) is 29.1 Å². The van der Waals surface area contributed by atoms with Gasteiger partial charge in [0.05, 0.1) is 28.9 Å². The molecular weight excluding hydrogens is 428 g/mol. The van der Waals surface area contributed by atoms with Crippen LogP contribution < -0.4 is 10.9 Å². The van der Waals surface area contributed by atoms with E-state index in [0.717, 1.165) is 10.7 Å². The normalized spacial score (nSPS) is 18.4. The number of nitrogens with zero attached hydrogens (tertiary/aromatic N) is 4. The van der Waals surface area contributed by atoms with Gasteiger partial charge >= 0.3 is 0 Å². The predicted octanol–water partition coefficient (Wildman–Crippen LogP) is 3.22. The number of sulfonamides is 1. The van der Waals surface area contributed by atoms with Crippen molar-refractivity contribution in [2.45, 2.75) is 37.6 Å². The molecule has 1 aliphatic rings. The van der Waals surface area contributed by atoms with Gasteiger partial charge in [-0.05, 0) is 48.1 Å². The van der Waals surface area contributed by atoms with Crippen molar-refractivity contribution in [3.8, 4) is 6.07 Å². The van der Waals surface area contributed by atoms with Crippen LogP contribution >= 0.6 is 0 Å². The second-order valence-corrected chi connectivity index (χ2v) is 11.2. The lowest BCUT2D eigenvalue weighted by Gasteiger charge is -2.17. The maximum atomic E-state index is 12.7. The standard InChI is InChI=1S/C22H26N6O3S/c1-22(2)13-16(22)17(9-11-23)28-18-10-12-24-21(29)19(18)20(26-28)25-14-5-7-15(8-6-14)32(30,31)27(3)4/h5-8,10,12,16-17H,9,13H2,1-4H3,(H,24,29)(H,25,26)/t16-,17-/m0/s1. The van der Waals surface area contributed by atoms with E-state index in [2.05, 4.69) is 30.2 Å². The monoisotopic (exact) mass is 454 g/mol. The van der Waals surface area contributed by atoms with Crippen molar-refractivity contribution < 1.29 is 8.42 Å². The Labute approximate surface area is 186 Å². The van der Waals surface area contributed by atoms with Crippen LogP contribution in [0.15, 0.2) is 46.2 Å². The number of pyridine rings is 1. The molecule has 0 spiro atoms. The summed E-state index contributed by atoms with van der Waals surface area (Å²) in [6, 6.07) is 10.2. The molecule has 2 aromatic heterocycles. The predicted molar refractivity (Wildman–Crippen MR) is 122 cm³/mol. The van der Waals surface area contributed by atoms with Crippen LogP contribution in [0.2, 0.25) is 0 Å². The van der Waals surface area contributed by atoms with Crippen LogP contribution in [0, 0.1) is 22.7 Å². The number of rotatable bonds is 7. The van der Waals surface area contributed by atoms with Crippen molar-refractivity contribution in [2.24, 2.45) is 11.3 Å². The average molecular weight is 455 g/mol. The highest BCUT2D eigenvalue weighted by Gasteiger charge is 2.51. The summed E-state index contributed by atoms with van der Waals surface area (Å²) in [5.41, 5.74) is 1.10. The molecule has 9 nitrogen and oxygen atoms in total. The van der Waals surface area contributed by atoms with Crippen LogP contribution in [0.1, 0.15) is 32.7 Å². The number of H-pyrrole nitrogens is 1. The molecular formula is C22H26N6O3S. The number of nitrogens with one attached hydrogen (secondary N) is 2. The summed E-state index contributed by atoms with van der Waals surface area (Å²) in [4.78, 5) is 15.5. The maximum absolute atomic E-state index is 12.7. The molecule has 168 valence electrons. The van der Waals surface area contributed by atoms with Gasteiger partial charge in [0.2, 0.25) is 10.0 Å². The van der Waals surface area contributed by atoms with Gasteiger partial charge in [0, 0.05) is 26.0 Å². The molecule has 0 aliphatic heterocycles. The number of aromatic nitrogens is 3. The lowest BCUT2D eigenvalue weighted by atomic mass is 10.0. The molecule has 0 saturated heterocycles. The van der Waals surface area contributed by atoms with E-state index in [0.29, 0.717) is 34.7 Å². The van der Waals surface area contributed by atoms with E-state index in [-0.39, 0.29) is 21.9 Å². The van der Waals surface area contributed by atoms with Crippen molar-refractivity contribution in [2.75, 3.05) is 19.4 Å². The molecule has 2 atom stereocenters. The first-order chi connectivity index (χ1) is 15.1. The summed E-state index contributed by atoms with van der Waals surface area (Å²) in [7, 11) is -0.580. The molecule has 0 bridgehead atoms. The lowest BCUT2D eigenvalue weighted by Crippen LogP contribution is -2.22. The molecule has 2 heterocycles. The zero-order chi connectivity index (χ0) is 23.3. The Kier molecular flexibility index (Phi) is 5.35. The summed E-state index contributed by atoms with van der Waals surface area (Å²) >= 11 is 0. The second-order valence-electron chi connectivity index (χ2n) is 9.03. The smallest absolute Gasteiger partial charge is 0.261 e. The zero-order valence-corrected chi connectivity index (χ0v) is 19.3. The van der Waals surface area contributed by atoms with Crippen molar-refractivity contribution in [3.05, 3.63) is 46.9 Å². The van der Waals surface area contributed by atoms with Gasteiger partial charge in [-0.15, -0.1) is 0 Å². The fourth-order valence-electron chi connectivity index (χ4n) is 4.15. The summed E-state index contributed by atoms with van der Waals surface area (Å²) in [5, 5.41) is 17.7. The van der Waals surface area contributed by atoms with Gasteiger partial charge in [0.25, 0.3) is 5.56 Å². The topological polar surface area (TPSA) is 124 Å². The van der Waals surface area contributed by atoms with Gasteiger partial charge in [0.15, 0.2) is 5.82 Å². The molecule has 1 aliphatic carbocycles. The number of fused-ring (bicyclic) bond motifs is 1. The molecule has 1 fully saturated rings. The Morgan fingerprint density at radius 3 is 2.53 bits per heavy atom. The third-order valence-electron chi connectivity index (χ3n) is 6.19. The lowest BCUT2D eigenvalue weighted by molar-refractivity contribution is 0.371. The molecule has 0 radical (unpaired) electrons. The quantitative estimate of drug-likeness (QED) is 0.565. The fourth-order valence-corrected chi connectivity index (χ4v) is 5.06. The maximum Gasteiger partial charge on any atom is 0.261 e. The number of nitriles is 1. The number of hydrogen-bond donors (Lipinski definition) is 2. The molecule has 2 N–H and O–H groups in total. The van der Waals surface area contributed by atoms with Gasteiger partial charge in [-0.1, -0.05) is 13.8 Å². The van der Waals surface area contributed by atoms with Gasteiger partial charge in [-0.2, -0.15) is 10.4 Å². The van der Waals surface area contributed by atoms with Gasteiger partial charge < -0.3 is 10.3 Å². The highest BCUT2D eigenvalue weighted by molar-refractivity contribution is 7.89. The molecule has 0 amide bonds. The third-order valence-corrected chi connectivity index (χ3v) is 8.02. The van der Waals surface area contributed by atoms with E-state index in [1.807, 2.05) is 0 Å². The van der Waals surface area contributed by atoms with Crippen molar-refractivity contribution >= 4 is 32.4 Å². The molecule has 1 aromatic carbocycles. The van der Waals surface area contributed by atoms with Crippen LogP contribution in [0.4, 0.5) is 11.5 Å². The minimum Gasteiger partial charge on any atom is -0.338 e. The molecule has 0 unspecified atom stereocenters. The summed E-state index contributed by atoms with van der Waals surface area (Å²) in [5.74, 6) is 0.666.